The van der Waals surface area contributed by atoms with Crippen molar-refractivity contribution in [1.29, 1.82) is 0 Å². The minimum Gasteiger partial charge on any atom is -0.294 e. The molecule has 1 aliphatic rings. The molecule has 1 saturated carbocycles. The van der Waals surface area contributed by atoms with Crippen LogP contribution in [0.4, 0.5) is 5.69 Å². The Morgan fingerprint density at radius 1 is 1.13 bits per heavy atom. The second kappa shape index (κ2) is 6.50. The Hall–Kier alpha value is -2.20. The zero-order valence-corrected chi connectivity index (χ0v) is 13.2. The molecular formula is C18H16ClNO3. The molecular weight excluding hydrogens is 314 g/mol. The van der Waals surface area contributed by atoms with Gasteiger partial charge in [-0.2, -0.15) is 0 Å². The van der Waals surface area contributed by atoms with E-state index in [9.17, 15) is 14.9 Å². The van der Waals surface area contributed by atoms with Gasteiger partial charge >= 0.3 is 0 Å². The number of hydrogen-bond acceptors (Lipinski definition) is 3. The van der Waals surface area contributed by atoms with Crippen molar-refractivity contribution in [3.05, 3.63) is 74.8 Å². The van der Waals surface area contributed by atoms with Crippen LogP contribution in [0.1, 0.15) is 41.1 Å². The third-order valence-electron chi connectivity index (χ3n) is 4.29. The van der Waals surface area contributed by atoms with E-state index in [0.717, 1.165) is 18.4 Å². The zero-order chi connectivity index (χ0) is 16.4. The van der Waals surface area contributed by atoms with E-state index < -0.39 is 4.92 Å². The van der Waals surface area contributed by atoms with E-state index in [-0.39, 0.29) is 17.4 Å². The Morgan fingerprint density at radius 2 is 1.74 bits per heavy atom. The fraction of sp³-hybridized carbons (Fsp3) is 0.278. The number of nitrogens with zero attached hydrogens (tertiary/aromatic N) is 1. The molecule has 0 aromatic heterocycles. The number of nitro benzene ring substituents is 1. The summed E-state index contributed by atoms with van der Waals surface area (Å²) in [7, 11) is 0. The molecule has 2 aromatic carbocycles. The number of non-ortho nitro benzene ring substituents is 1. The van der Waals surface area contributed by atoms with E-state index in [1.807, 2.05) is 24.3 Å². The van der Waals surface area contributed by atoms with Gasteiger partial charge in [0.25, 0.3) is 5.69 Å². The van der Waals surface area contributed by atoms with Crippen LogP contribution in [-0.4, -0.2) is 10.7 Å². The summed E-state index contributed by atoms with van der Waals surface area (Å²) in [6.45, 7) is 0. The van der Waals surface area contributed by atoms with Crippen LogP contribution < -0.4 is 0 Å². The summed E-state index contributed by atoms with van der Waals surface area (Å²) in [5.41, 5.74) is 1.65. The third-order valence-corrected chi connectivity index (χ3v) is 4.55. The number of Topliss-reactive ketones (excluding diaryl/α,β-unsaturated/α-hetero) is 1. The molecule has 0 heterocycles. The highest BCUT2D eigenvalue weighted by molar-refractivity contribution is 6.30. The van der Waals surface area contributed by atoms with Gasteiger partial charge in [0.1, 0.15) is 0 Å². The van der Waals surface area contributed by atoms with Gasteiger partial charge in [-0.05, 0) is 54.5 Å². The van der Waals surface area contributed by atoms with E-state index >= 15 is 0 Å². The Kier molecular flexibility index (Phi) is 4.44. The third kappa shape index (κ3) is 3.77. The predicted molar refractivity (Wildman–Crippen MR) is 89.0 cm³/mol. The fourth-order valence-electron chi connectivity index (χ4n) is 2.85. The summed E-state index contributed by atoms with van der Waals surface area (Å²) in [4.78, 5) is 22.7. The lowest BCUT2D eigenvalue weighted by Gasteiger charge is -2.16. The van der Waals surface area contributed by atoms with E-state index in [2.05, 4.69) is 0 Å². The van der Waals surface area contributed by atoms with E-state index in [1.165, 1.54) is 24.3 Å². The molecule has 118 valence electrons. The van der Waals surface area contributed by atoms with Crippen LogP contribution in [0.3, 0.4) is 0 Å². The van der Waals surface area contributed by atoms with Gasteiger partial charge in [-0.3, -0.25) is 14.9 Å². The molecule has 1 atom stereocenters. The summed E-state index contributed by atoms with van der Waals surface area (Å²) in [6, 6.07) is 13.5. The Morgan fingerprint density at radius 3 is 2.26 bits per heavy atom. The smallest absolute Gasteiger partial charge is 0.269 e. The van der Waals surface area contributed by atoms with Gasteiger partial charge in [-0.1, -0.05) is 23.7 Å². The molecule has 0 spiro atoms. The molecule has 5 heteroatoms. The lowest BCUT2D eigenvalue weighted by atomic mass is 9.88. The number of nitro groups is 1. The molecule has 0 amide bonds. The predicted octanol–water partition coefficient (Wildman–Crippen LogP) is 5.01. The van der Waals surface area contributed by atoms with E-state index in [0.29, 0.717) is 22.9 Å². The largest absolute Gasteiger partial charge is 0.294 e. The van der Waals surface area contributed by atoms with Crippen molar-refractivity contribution < 1.29 is 9.72 Å². The maximum absolute atomic E-state index is 12.5. The second-order valence-electron chi connectivity index (χ2n) is 5.93. The van der Waals surface area contributed by atoms with Crippen molar-refractivity contribution >= 4 is 23.1 Å². The summed E-state index contributed by atoms with van der Waals surface area (Å²) in [5.74, 6) is 0.750. The number of hydrogen-bond donors (Lipinski definition) is 0. The molecule has 0 saturated heterocycles. The first-order chi connectivity index (χ1) is 11.0. The number of rotatable bonds is 6. The monoisotopic (exact) mass is 329 g/mol. The lowest BCUT2D eigenvalue weighted by molar-refractivity contribution is -0.384. The zero-order valence-electron chi connectivity index (χ0n) is 12.4. The van der Waals surface area contributed by atoms with Crippen molar-refractivity contribution in [3.63, 3.8) is 0 Å². The second-order valence-corrected chi connectivity index (χ2v) is 6.36. The molecule has 0 aliphatic heterocycles. The van der Waals surface area contributed by atoms with Crippen LogP contribution in [0.15, 0.2) is 48.5 Å². The molecule has 2 aromatic rings. The molecule has 1 fully saturated rings. The molecule has 4 nitrogen and oxygen atoms in total. The topological polar surface area (TPSA) is 60.2 Å². The number of benzene rings is 2. The minimum absolute atomic E-state index is 0.00186. The molecule has 0 bridgehead atoms. The highest BCUT2D eigenvalue weighted by Crippen LogP contribution is 2.45. The van der Waals surface area contributed by atoms with Crippen LogP contribution in [0.5, 0.6) is 0 Å². The van der Waals surface area contributed by atoms with Crippen LogP contribution >= 0.6 is 11.6 Å². The first-order valence-electron chi connectivity index (χ1n) is 7.57. The van der Waals surface area contributed by atoms with Crippen molar-refractivity contribution in [3.8, 4) is 0 Å². The average Bonchev–Trinajstić information content (AvgIpc) is 3.38. The Labute approximate surface area is 139 Å². The maximum atomic E-state index is 12.5. The van der Waals surface area contributed by atoms with Crippen molar-refractivity contribution in [2.24, 2.45) is 5.92 Å². The van der Waals surface area contributed by atoms with E-state index in [1.54, 1.807) is 0 Å². The summed E-state index contributed by atoms with van der Waals surface area (Å²) < 4.78 is 0. The van der Waals surface area contributed by atoms with Crippen molar-refractivity contribution in [2.75, 3.05) is 0 Å². The van der Waals surface area contributed by atoms with E-state index in [4.69, 9.17) is 11.6 Å². The van der Waals surface area contributed by atoms with Gasteiger partial charge in [0.2, 0.25) is 0 Å². The van der Waals surface area contributed by atoms with Gasteiger partial charge < -0.3 is 0 Å². The summed E-state index contributed by atoms with van der Waals surface area (Å²) >= 11 is 5.93. The van der Waals surface area contributed by atoms with Crippen molar-refractivity contribution in [2.45, 2.75) is 25.2 Å². The van der Waals surface area contributed by atoms with Gasteiger partial charge in [0.05, 0.1) is 4.92 Å². The quantitative estimate of drug-likeness (QED) is 0.425. The molecule has 3 rings (SSSR count). The van der Waals surface area contributed by atoms with Gasteiger partial charge in [-0.25, -0.2) is 0 Å². The maximum Gasteiger partial charge on any atom is 0.269 e. The molecule has 23 heavy (non-hydrogen) atoms. The number of carbonyl (C=O) groups excluding carboxylic acids is 1. The molecule has 1 aliphatic carbocycles. The van der Waals surface area contributed by atoms with Crippen molar-refractivity contribution in [1.82, 2.24) is 0 Å². The summed E-state index contributed by atoms with van der Waals surface area (Å²) in [5, 5.41) is 11.4. The van der Waals surface area contributed by atoms with Crippen LogP contribution in [0.25, 0.3) is 0 Å². The highest BCUT2D eigenvalue weighted by Gasteiger charge is 2.33. The number of ketones is 1. The minimum atomic E-state index is -0.463. The number of carbonyl (C=O) groups is 1. The average molecular weight is 330 g/mol. The fourth-order valence-corrected chi connectivity index (χ4v) is 2.98. The number of halogens is 1. The van der Waals surface area contributed by atoms with Gasteiger partial charge in [0.15, 0.2) is 5.78 Å². The molecule has 0 radical (unpaired) electrons. The molecule has 0 unspecified atom stereocenters. The Bertz CT molecular complexity index is 721. The SMILES string of the molecule is O=C(C[C@@H](c1ccc(Cl)cc1)C1CC1)c1ccc([N+](=O)[O-])cc1. The lowest BCUT2D eigenvalue weighted by Crippen LogP contribution is -2.09. The first kappa shape index (κ1) is 15.7. The normalized spacial score (nSPS) is 15.2. The molecule has 0 N–H and O–H groups in total. The Balaban J connectivity index is 1.76. The van der Waals surface area contributed by atoms with Crippen LogP contribution in [0, 0.1) is 16.0 Å². The van der Waals surface area contributed by atoms with Gasteiger partial charge in [-0.15, -0.1) is 0 Å². The first-order valence-corrected chi connectivity index (χ1v) is 7.95. The highest BCUT2D eigenvalue weighted by atomic mass is 35.5. The standard InChI is InChI=1S/C18H16ClNO3/c19-15-7-3-13(4-8-15)17(12-1-2-12)11-18(21)14-5-9-16(10-6-14)20(22)23/h3-10,12,17H,1-2,11H2/t17-/m1/s1. The summed E-state index contributed by atoms with van der Waals surface area (Å²) in [6.07, 6.45) is 2.70. The van der Waals surface area contributed by atoms with Crippen LogP contribution in [-0.2, 0) is 0 Å². The van der Waals surface area contributed by atoms with Crippen LogP contribution in [0.2, 0.25) is 5.02 Å². The van der Waals surface area contributed by atoms with Gasteiger partial charge in [0, 0.05) is 29.1 Å².